The van der Waals surface area contributed by atoms with Gasteiger partial charge in [-0.15, -0.1) is 5.10 Å². The zero-order valence-corrected chi connectivity index (χ0v) is 10.9. The number of methoxy groups -OCH3 is 1. The minimum absolute atomic E-state index is 0.00749. The Balaban J connectivity index is 2.97. The first-order valence-electron chi connectivity index (χ1n) is 5.62. The van der Waals surface area contributed by atoms with Gasteiger partial charge in [-0.2, -0.15) is 0 Å². The van der Waals surface area contributed by atoms with E-state index in [0.717, 1.165) is 0 Å². The predicted molar refractivity (Wildman–Crippen MR) is 62.9 cm³/mol. The Labute approximate surface area is 105 Å². The number of carbonyl (C=O) groups is 1. The number of hydrogen-bond donors (Lipinski definition) is 2. The number of carboxylic acids is 1. The van der Waals surface area contributed by atoms with E-state index in [1.54, 1.807) is 4.68 Å². The molecule has 0 amide bonds. The molecule has 0 atom stereocenters. The minimum Gasteiger partial charge on any atom is -0.481 e. The van der Waals surface area contributed by atoms with E-state index in [0.29, 0.717) is 17.9 Å². The highest BCUT2D eigenvalue weighted by atomic mass is 16.5. The summed E-state index contributed by atoms with van der Waals surface area (Å²) in [4.78, 5) is 10.7. The molecule has 1 rings (SSSR count). The van der Waals surface area contributed by atoms with E-state index in [2.05, 4.69) is 10.3 Å². The maximum absolute atomic E-state index is 10.7. The normalized spacial score (nSPS) is 11.8. The van der Waals surface area contributed by atoms with Gasteiger partial charge in [0.25, 0.3) is 0 Å². The lowest BCUT2D eigenvalue weighted by atomic mass is 9.95. The van der Waals surface area contributed by atoms with E-state index in [-0.39, 0.29) is 25.0 Å². The van der Waals surface area contributed by atoms with Crippen molar-refractivity contribution in [1.82, 2.24) is 15.0 Å². The zero-order chi connectivity index (χ0) is 13.8. The number of aliphatic carboxylic acids is 1. The van der Waals surface area contributed by atoms with E-state index >= 15 is 0 Å². The number of carboxylic acid groups (broad SMARTS) is 1. The molecule has 0 bridgehead atoms. The minimum atomic E-state index is -0.958. The number of rotatable bonds is 7. The summed E-state index contributed by atoms with van der Waals surface area (Å²) >= 11 is 0. The van der Waals surface area contributed by atoms with Crippen LogP contribution in [0.15, 0.2) is 0 Å². The second-order valence-electron chi connectivity index (χ2n) is 4.97. The van der Waals surface area contributed by atoms with Gasteiger partial charge in [0.2, 0.25) is 0 Å². The molecule has 0 spiro atoms. The van der Waals surface area contributed by atoms with Gasteiger partial charge in [-0.05, 0) is 0 Å². The Morgan fingerprint density at radius 2 is 2.17 bits per heavy atom. The van der Waals surface area contributed by atoms with Gasteiger partial charge in [-0.25, -0.2) is 4.68 Å². The molecule has 1 aromatic heterocycles. The molecule has 2 N–H and O–H groups in total. The Morgan fingerprint density at radius 3 is 2.67 bits per heavy atom. The Bertz CT molecular complexity index is 414. The molecule has 18 heavy (non-hydrogen) atoms. The first-order chi connectivity index (χ1) is 8.39. The van der Waals surface area contributed by atoms with Crippen LogP contribution in [0.3, 0.4) is 0 Å². The number of nitrogens with zero attached hydrogens (tertiary/aromatic N) is 3. The summed E-state index contributed by atoms with van der Waals surface area (Å²) in [5.41, 5.74) is 0.691. The average molecular weight is 257 g/mol. The van der Waals surface area contributed by atoms with Gasteiger partial charge < -0.3 is 14.9 Å². The summed E-state index contributed by atoms with van der Waals surface area (Å²) in [7, 11) is 1.53. The van der Waals surface area contributed by atoms with Crippen LogP contribution in [-0.2, 0) is 29.1 Å². The first-order valence-corrected chi connectivity index (χ1v) is 5.62. The molecule has 0 aromatic carbocycles. The van der Waals surface area contributed by atoms with Crippen molar-refractivity contribution in [3.05, 3.63) is 11.4 Å². The highest BCUT2D eigenvalue weighted by Crippen LogP contribution is 2.19. The van der Waals surface area contributed by atoms with Crippen LogP contribution in [0.1, 0.15) is 25.2 Å². The van der Waals surface area contributed by atoms with Crippen molar-refractivity contribution in [3.8, 4) is 0 Å². The van der Waals surface area contributed by atoms with Gasteiger partial charge in [0.1, 0.15) is 0 Å². The third kappa shape index (κ3) is 3.78. The number of aliphatic hydroxyl groups excluding tert-OH is 1. The molecule has 7 nitrogen and oxygen atoms in total. The molecule has 1 aromatic rings. The van der Waals surface area contributed by atoms with Gasteiger partial charge in [-0.3, -0.25) is 4.79 Å². The van der Waals surface area contributed by atoms with Crippen molar-refractivity contribution < 1.29 is 19.7 Å². The van der Waals surface area contributed by atoms with Crippen LogP contribution in [0.2, 0.25) is 0 Å². The van der Waals surface area contributed by atoms with Crippen LogP contribution < -0.4 is 0 Å². The summed E-state index contributed by atoms with van der Waals surface area (Å²) in [5.74, 6) is -0.958. The largest absolute Gasteiger partial charge is 0.481 e. The maximum Gasteiger partial charge on any atom is 0.309 e. The highest BCUT2D eigenvalue weighted by Gasteiger charge is 2.22. The molecule has 0 aliphatic heterocycles. The van der Waals surface area contributed by atoms with Crippen LogP contribution in [0.4, 0.5) is 0 Å². The Kier molecular flexibility index (Phi) is 4.80. The van der Waals surface area contributed by atoms with Crippen molar-refractivity contribution in [3.63, 3.8) is 0 Å². The third-order valence-electron chi connectivity index (χ3n) is 2.52. The molecular formula is C11H19N3O4. The lowest BCUT2D eigenvalue weighted by Crippen LogP contribution is -2.26. The van der Waals surface area contributed by atoms with Crippen LogP contribution in [0, 0.1) is 5.41 Å². The highest BCUT2D eigenvalue weighted by molar-refractivity contribution is 5.69. The van der Waals surface area contributed by atoms with Gasteiger partial charge in [-0.1, -0.05) is 19.1 Å². The van der Waals surface area contributed by atoms with E-state index < -0.39 is 5.97 Å². The van der Waals surface area contributed by atoms with Crippen LogP contribution in [0.25, 0.3) is 0 Å². The number of ether oxygens (including phenoxy) is 1. The van der Waals surface area contributed by atoms with Gasteiger partial charge in [0.05, 0.1) is 31.0 Å². The third-order valence-corrected chi connectivity index (χ3v) is 2.52. The smallest absolute Gasteiger partial charge is 0.309 e. The fraction of sp³-hybridized carbons (Fsp3) is 0.727. The summed E-state index contributed by atoms with van der Waals surface area (Å²) in [6, 6.07) is 0. The summed E-state index contributed by atoms with van der Waals surface area (Å²) in [5, 5.41) is 25.8. The Morgan fingerprint density at radius 1 is 1.50 bits per heavy atom. The zero-order valence-electron chi connectivity index (χ0n) is 10.9. The molecule has 0 fully saturated rings. The molecule has 1 heterocycles. The van der Waals surface area contributed by atoms with E-state index in [4.69, 9.17) is 9.84 Å². The standard InChI is InChI=1S/C11H19N3O4/c1-11(2,7-15)6-14-9(5-18-3)8(12-13-14)4-10(16)17/h15H,4-7H2,1-3H3,(H,16,17). The van der Waals surface area contributed by atoms with E-state index in [1.165, 1.54) is 7.11 Å². The fourth-order valence-corrected chi connectivity index (χ4v) is 1.53. The maximum atomic E-state index is 10.7. The second-order valence-corrected chi connectivity index (χ2v) is 4.97. The molecule has 0 aliphatic rings. The van der Waals surface area contributed by atoms with Gasteiger partial charge in [0, 0.05) is 19.1 Å². The molecular weight excluding hydrogens is 238 g/mol. The molecule has 7 heteroatoms. The fourth-order valence-electron chi connectivity index (χ4n) is 1.53. The molecule has 0 saturated carbocycles. The van der Waals surface area contributed by atoms with Gasteiger partial charge in [0.15, 0.2) is 0 Å². The van der Waals surface area contributed by atoms with Crippen LogP contribution in [0.5, 0.6) is 0 Å². The summed E-state index contributed by atoms with van der Waals surface area (Å²) < 4.78 is 6.64. The van der Waals surface area contributed by atoms with Crippen molar-refractivity contribution in [2.45, 2.75) is 33.4 Å². The van der Waals surface area contributed by atoms with Crippen LogP contribution >= 0.6 is 0 Å². The summed E-state index contributed by atoms with van der Waals surface area (Å²) in [6.45, 7) is 4.49. The average Bonchev–Trinajstić information content (AvgIpc) is 2.62. The van der Waals surface area contributed by atoms with E-state index in [1.807, 2.05) is 13.8 Å². The van der Waals surface area contributed by atoms with Crippen LogP contribution in [-0.4, -0.2) is 44.9 Å². The van der Waals surface area contributed by atoms with Crippen molar-refractivity contribution in [1.29, 1.82) is 0 Å². The van der Waals surface area contributed by atoms with E-state index in [9.17, 15) is 9.90 Å². The quantitative estimate of drug-likeness (QED) is 0.717. The summed E-state index contributed by atoms with van der Waals surface area (Å²) in [6.07, 6.45) is -0.182. The van der Waals surface area contributed by atoms with Crippen molar-refractivity contribution in [2.75, 3.05) is 13.7 Å². The van der Waals surface area contributed by atoms with Crippen molar-refractivity contribution in [2.24, 2.45) is 5.41 Å². The lowest BCUT2D eigenvalue weighted by molar-refractivity contribution is -0.136. The monoisotopic (exact) mass is 257 g/mol. The first kappa shape index (κ1) is 14.6. The predicted octanol–water partition coefficient (Wildman–Crippen LogP) is 0.0701. The molecule has 102 valence electrons. The second kappa shape index (κ2) is 5.92. The Hall–Kier alpha value is -1.47. The van der Waals surface area contributed by atoms with Crippen molar-refractivity contribution >= 4 is 5.97 Å². The number of hydrogen-bond acceptors (Lipinski definition) is 5. The number of aliphatic hydroxyl groups is 1. The SMILES string of the molecule is COCc1c(CC(=O)O)nnn1CC(C)(C)CO. The molecule has 0 aliphatic carbocycles. The molecule has 0 saturated heterocycles. The molecule has 0 unspecified atom stereocenters. The number of aromatic nitrogens is 3. The molecule has 0 radical (unpaired) electrons. The van der Waals surface area contributed by atoms with Gasteiger partial charge >= 0.3 is 5.97 Å². The lowest BCUT2D eigenvalue weighted by Gasteiger charge is -2.22. The topological polar surface area (TPSA) is 97.5 Å².